The molecule has 0 aliphatic heterocycles. The molecule has 1 fully saturated rings. The van der Waals surface area contributed by atoms with E-state index in [1.165, 1.54) is 92.3 Å². The Morgan fingerprint density at radius 3 is 2.44 bits per heavy atom. The van der Waals surface area contributed by atoms with Gasteiger partial charge in [0, 0.05) is 27.7 Å². The van der Waals surface area contributed by atoms with Gasteiger partial charge in [0.25, 0.3) is 0 Å². The van der Waals surface area contributed by atoms with Crippen LogP contribution in [0.15, 0.2) is 48.7 Å². The molecule has 2 heteroatoms. The highest BCUT2D eigenvalue weighted by Gasteiger charge is 2.26. The van der Waals surface area contributed by atoms with Crippen molar-refractivity contribution in [1.82, 2.24) is 9.38 Å². The zero-order chi connectivity index (χ0) is 21.6. The average molecular weight is 417 g/mol. The molecule has 1 aliphatic rings. The van der Waals surface area contributed by atoms with Gasteiger partial charge in [-0.2, -0.15) is 0 Å². The van der Waals surface area contributed by atoms with E-state index in [0.29, 0.717) is 5.92 Å². The summed E-state index contributed by atoms with van der Waals surface area (Å²) in [4.78, 5) is 4.97. The van der Waals surface area contributed by atoms with Gasteiger partial charge in [-0.1, -0.05) is 49.1 Å². The number of pyridine rings is 2. The van der Waals surface area contributed by atoms with Crippen molar-refractivity contribution in [3.63, 3.8) is 0 Å². The van der Waals surface area contributed by atoms with Gasteiger partial charge in [0.05, 0.1) is 22.1 Å². The third-order valence-electron chi connectivity index (χ3n) is 7.98. The number of fused-ring (bicyclic) bond motifs is 6. The Bertz CT molecular complexity index is 1680. The van der Waals surface area contributed by atoms with E-state index in [2.05, 4.69) is 67.6 Å². The standard InChI is InChI=1S/C30H28N2/c1-17-14-19(3)29-24(15-17)27-25-21(12-13-31-27)16-23(20-9-5-4-6-10-20)26-22-11-7-8-18(2)28(22)32(29)30(25)26/h7-8,11-16,20H,4-6,9-10H2,1-3H3. The van der Waals surface area contributed by atoms with Crippen LogP contribution in [-0.2, 0) is 0 Å². The Hall–Kier alpha value is -3.13. The Morgan fingerprint density at radius 1 is 0.781 bits per heavy atom. The maximum Gasteiger partial charge on any atom is 0.0822 e. The number of aryl methyl sites for hydroxylation is 3. The van der Waals surface area contributed by atoms with Crippen LogP contribution in [0, 0.1) is 20.8 Å². The minimum atomic E-state index is 0.657. The molecule has 0 spiro atoms. The summed E-state index contributed by atoms with van der Waals surface area (Å²) in [6.07, 6.45) is 8.72. The van der Waals surface area contributed by atoms with E-state index in [0.717, 1.165) is 5.52 Å². The molecule has 0 amide bonds. The van der Waals surface area contributed by atoms with Crippen molar-refractivity contribution >= 4 is 49.0 Å². The lowest BCUT2D eigenvalue weighted by molar-refractivity contribution is 0.446. The summed E-state index contributed by atoms with van der Waals surface area (Å²) < 4.78 is 2.59. The number of para-hydroxylation sites is 1. The van der Waals surface area contributed by atoms with Crippen LogP contribution in [0.25, 0.3) is 49.0 Å². The van der Waals surface area contributed by atoms with Gasteiger partial charge in [0.2, 0.25) is 0 Å². The third-order valence-corrected chi connectivity index (χ3v) is 7.98. The largest absolute Gasteiger partial charge is 0.307 e. The van der Waals surface area contributed by atoms with Gasteiger partial charge in [-0.25, -0.2) is 0 Å². The number of nitrogens with zero attached hydrogens (tertiary/aromatic N) is 2. The van der Waals surface area contributed by atoms with Gasteiger partial charge in [0.15, 0.2) is 0 Å². The highest BCUT2D eigenvalue weighted by atomic mass is 14.9. The summed E-state index contributed by atoms with van der Waals surface area (Å²) in [5.41, 5.74) is 10.8. The van der Waals surface area contributed by atoms with Crippen LogP contribution >= 0.6 is 0 Å². The molecule has 6 aromatic rings. The van der Waals surface area contributed by atoms with Gasteiger partial charge in [-0.05, 0) is 79.8 Å². The first-order chi connectivity index (χ1) is 15.6. The maximum absolute atomic E-state index is 4.97. The Kier molecular flexibility index (Phi) is 3.72. The lowest BCUT2D eigenvalue weighted by Crippen LogP contribution is -2.06. The zero-order valence-electron chi connectivity index (χ0n) is 19.1. The Morgan fingerprint density at radius 2 is 1.59 bits per heavy atom. The highest BCUT2D eigenvalue weighted by molar-refractivity contribution is 6.29. The van der Waals surface area contributed by atoms with E-state index < -0.39 is 0 Å². The molecule has 0 N–H and O–H groups in total. The van der Waals surface area contributed by atoms with Gasteiger partial charge in [-0.15, -0.1) is 0 Å². The van der Waals surface area contributed by atoms with Crippen LogP contribution in [-0.4, -0.2) is 9.38 Å². The van der Waals surface area contributed by atoms with Crippen molar-refractivity contribution in [2.45, 2.75) is 58.8 Å². The predicted molar refractivity (Wildman–Crippen MR) is 136 cm³/mol. The molecule has 1 aliphatic carbocycles. The Balaban J connectivity index is 1.85. The Labute approximate surface area is 188 Å². The van der Waals surface area contributed by atoms with E-state index in [9.17, 15) is 0 Å². The maximum atomic E-state index is 4.97. The molecule has 158 valence electrons. The van der Waals surface area contributed by atoms with Crippen LogP contribution in [0.3, 0.4) is 0 Å². The van der Waals surface area contributed by atoms with E-state index in [-0.39, 0.29) is 0 Å². The van der Waals surface area contributed by atoms with Crippen LogP contribution in [0.1, 0.15) is 60.3 Å². The molecule has 3 aromatic carbocycles. The predicted octanol–water partition coefficient (Wildman–Crippen LogP) is 8.36. The molecule has 0 saturated heterocycles. The van der Waals surface area contributed by atoms with Gasteiger partial charge in [0.1, 0.15) is 0 Å². The van der Waals surface area contributed by atoms with E-state index in [1.54, 1.807) is 5.56 Å². The fourth-order valence-corrected chi connectivity index (χ4v) is 6.72. The second kappa shape index (κ2) is 6.45. The minimum Gasteiger partial charge on any atom is -0.307 e. The molecule has 32 heavy (non-hydrogen) atoms. The van der Waals surface area contributed by atoms with E-state index >= 15 is 0 Å². The molecule has 3 aromatic heterocycles. The summed E-state index contributed by atoms with van der Waals surface area (Å²) in [5, 5.41) is 6.82. The molecule has 0 bridgehead atoms. The second-order valence-corrected chi connectivity index (χ2v) is 10.1. The molecular weight excluding hydrogens is 388 g/mol. The number of hydrogen-bond donors (Lipinski definition) is 0. The minimum absolute atomic E-state index is 0.657. The topological polar surface area (TPSA) is 17.3 Å². The number of benzene rings is 3. The first-order valence-corrected chi connectivity index (χ1v) is 12.1. The van der Waals surface area contributed by atoms with Crippen molar-refractivity contribution in [3.8, 4) is 0 Å². The number of aromatic nitrogens is 2. The van der Waals surface area contributed by atoms with Gasteiger partial charge < -0.3 is 4.40 Å². The normalized spacial score (nSPS) is 15.8. The van der Waals surface area contributed by atoms with Crippen molar-refractivity contribution in [3.05, 3.63) is 70.9 Å². The van der Waals surface area contributed by atoms with Gasteiger partial charge in [-0.3, -0.25) is 4.98 Å². The van der Waals surface area contributed by atoms with E-state index in [1.807, 2.05) is 6.20 Å². The first kappa shape index (κ1) is 18.4. The van der Waals surface area contributed by atoms with E-state index in [4.69, 9.17) is 4.98 Å². The SMILES string of the molecule is Cc1cc(C)c2c(c1)c1nccc3cc(C4CCCCC4)c4c5cccc(C)c5n2c4c31. The quantitative estimate of drug-likeness (QED) is 0.194. The molecule has 0 unspecified atom stereocenters. The van der Waals surface area contributed by atoms with Gasteiger partial charge >= 0.3 is 0 Å². The fraction of sp³-hybridized carbons (Fsp3) is 0.300. The molecule has 0 atom stereocenters. The van der Waals surface area contributed by atoms with Crippen LogP contribution in [0.2, 0.25) is 0 Å². The molecular formula is C30H28N2. The smallest absolute Gasteiger partial charge is 0.0822 e. The summed E-state index contributed by atoms with van der Waals surface area (Å²) in [6.45, 7) is 6.73. The summed E-state index contributed by atoms with van der Waals surface area (Å²) in [7, 11) is 0. The lowest BCUT2D eigenvalue weighted by atomic mass is 9.81. The summed E-state index contributed by atoms with van der Waals surface area (Å²) in [5.74, 6) is 0.657. The summed E-state index contributed by atoms with van der Waals surface area (Å²) in [6, 6.07) is 16.3. The van der Waals surface area contributed by atoms with Crippen molar-refractivity contribution in [2.75, 3.05) is 0 Å². The fourth-order valence-electron chi connectivity index (χ4n) is 6.72. The summed E-state index contributed by atoms with van der Waals surface area (Å²) >= 11 is 0. The molecule has 1 saturated carbocycles. The lowest BCUT2D eigenvalue weighted by Gasteiger charge is -2.24. The van der Waals surface area contributed by atoms with Crippen LogP contribution in [0.5, 0.6) is 0 Å². The number of hydrogen-bond acceptors (Lipinski definition) is 1. The van der Waals surface area contributed by atoms with Crippen molar-refractivity contribution in [2.24, 2.45) is 0 Å². The molecule has 0 radical (unpaired) electrons. The zero-order valence-corrected chi connectivity index (χ0v) is 19.1. The highest BCUT2D eigenvalue weighted by Crippen LogP contribution is 2.47. The molecule has 2 nitrogen and oxygen atoms in total. The molecule has 7 rings (SSSR count). The average Bonchev–Trinajstić information content (AvgIpc) is 3.15. The molecule has 3 heterocycles. The van der Waals surface area contributed by atoms with Crippen LogP contribution < -0.4 is 0 Å². The number of rotatable bonds is 1. The third kappa shape index (κ3) is 2.28. The second-order valence-electron chi connectivity index (χ2n) is 10.1. The monoisotopic (exact) mass is 416 g/mol. The van der Waals surface area contributed by atoms with Crippen LogP contribution in [0.4, 0.5) is 0 Å². The van der Waals surface area contributed by atoms with Crippen molar-refractivity contribution in [1.29, 1.82) is 0 Å². The van der Waals surface area contributed by atoms with Crippen molar-refractivity contribution < 1.29 is 0 Å². The first-order valence-electron chi connectivity index (χ1n) is 12.1.